The number of piperazine rings is 1. The Morgan fingerprint density at radius 1 is 0.822 bits per heavy atom. The van der Waals surface area contributed by atoms with E-state index < -0.39 is 10.0 Å². The second-order valence-corrected chi connectivity index (χ2v) is 12.7. The first-order chi connectivity index (χ1) is 21.7. The fourth-order valence-electron chi connectivity index (χ4n) is 5.38. The van der Waals surface area contributed by atoms with Crippen LogP contribution >= 0.6 is 0 Å². The van der Waals surface area contributed by atoms with E-state index >= 15 is 0 Å². The normalized spacial score (nSPS) is 16.0. The summed E-state index contributed by atoms with van der Waals surface area (Å²) in [5.41, 5.74) is 3.66. The van der Waals surface area contributed by atoms with Crippen LogP contribution in [0.1, 0.15) is 32.2 Å². The van der Waals surface area contributed by atoms with Gasteiger partial charge in [0.25, 0.3) is 11.8 Å². The molecular formula is C31H33N7O6S. The van der Waals surface area contributed by atoms with Gasteiger partial charge in [0.05, 0.1) is 29.5 Å². The Kier molecular flexibility index (Phi) is 8.61. The molecule has 45 heavy (non-hydrogen) atoms. The van der Waals surface area contributed by atoms with E-state index in [0.29, 0.717) is 92.4 Å². The third kappa shape index (κ3) is 6.43. The van der Waals surface area contributed by atoms with Gasteiger partial charge in [-0.3, -0.25) is 9.59 Å². The number of ether oxygens (including phenoxy) is 1. The lowest BCUT2D eigenvalue weighted by molar-refractivity contribution is 0.0534. The molecular weight excluding hydrogens is 598 g/mol. The minimum atomic E-state index is -3.58. The zero-order chi connectivity index (χ0) is 31.6. The average Bonchev–Trinajstić information content (AvgIpc) is 3.42. The fourth-order valence-corrected chi connectivity index (χ4v) is 6.79. The molecule has 2 aromatic heterocycles. The van der Waals surface area contributed by atoms with Crippen LogP contribution in [0, 0.1) is 13.8 Å². The molecule has 2 aromatic carbocycles. The highest BCUT2D eigenvalue weighted by atomic mass is 32.2. The molecule has 0 bridgehead atoms. The number of hydrogen-bond acceptors (Lipinski definition) is 10. The molecule has 2 aliphatic rings. The van der Waals surface area contributed by atoms with E-state index in [2.05, 4.69) is 20.4 Å². The maximum Gasteiger partial charge on any atom is 0.259 e. The minimum Gasteiger partial charge on any atom is -0.379 e. The molecule has 1 N–H and O–H groups in total. The maximum atomic E-state index is 13.2. The van der Waals surface area contributed by atoms with Crippen molar-refractivity contribution < 1.29 is 27.3 Å². The summed E-state index contributed by atoms with van der Waals surface area (Å²) in [6, 6.07) is 15.4. The summed E-state index contributed by atoms with van der Waals surface area (Å²) in [5.74, 6) is 0.612. The van der Waals surface area contributed by atoms with E-state index in [4.69, 9.17) is 9.26 Å². The molecule has 6 rings (SSSR count). The van der Waals surface area contributed by atoms with Crippen molar-refractivity contribution in [3.05, 3.63) is 83.4 Å². The molecule has 0 unspecified atom stereocenters. The number of carbonyl (C=O) groups is 2. The average molecular weight is 632 g/mol. The third-order valence-electron chi connectivity index (χ3n) is 7.90. The van der Waals surface area contributed by atoms with Crippen LogP contribution < -0.4 is 5.32 Å². The largest absolute Gasteiger partial charge is 0.379 e. The molecule has 2 amide bonds. The number of benzene rings is 2. The van der Waals surface area contributed by atoms with Gasteiger partial charge in [0.2, 0.25) is 16.0 Å². The molecule has 0 aliphatic carbocycles. The van der Waals surface area contributed by atoms with Gasteiger partial charge in [-0.25, -0.2) is 18.4 Å². The predicted octanol–water partition coefficient (Wildman–Crippen LogP) is 3.11. The van der Waals surface area contributed by atoms with Crippen LogP contribution in [0.5, 0.6) is 0 Å². The monoisotopic (exact) mass is 631 g/mol. The summed E-state index contributed by atoms with van der Waals surface area (Å²) in [4.78, 5) is 38.7. The molecule has 4 aromatic rings. The number of hydrogen-bond donors (Lipinski definition) is 1. The Bertz CT molecular complexity index is 1780. The van der Waals surface area contributed by atoms with Crippen LogP contribution in [-0.4, -0.2) is 102 Å². The van der Waals surface area contributed by atoms with Crippen molar-refractivity contribution in [1.29, 1.82) is 0 Å². The van der Waals surface area contributed by atoms with Gasteiger partial charge in [-0.1, -0.05) is 17.3 Å². The number of rotatable bonds is 7. The van der Waals surface area contributed by atoms with Gasteiger partial charge in [-0.15, -0.1) is 0 Å². The number of aryl methyl sites for hydroxylation is 2. The number of anilines is 2. The number of amides is 2. The van der Waals surface area contributed by atoms with E-state index in [-0.39, 0.29) is 16.7 Å². The van der Waals surface area contributed by atoms with Crippen LogP contribution in [0.25, 0.3) is 11.3 Å². The Labute approximate surface area is 260 Å². The van der Waals surface area contributed by atoms with Crippen molar-refractivity contribution in [3.8, 4) is 11.3 Å². The van der Waals surface area contributed by atoms with E-state index in [1.54, 1.807) is 84.4 Å². The van der Waals surface area contributed by atoms with Crippen molar-refractivity contribution in [3.63, 3.8) is 0 Å². The summed E-state index contributed by atoms with van der Waals surface area (Å²) >= 11 is 0. The molecule has 13 nitrogen and oxygen atoms in total. The number of nitrogens with zero attached hydrogens (tertiary/aromatic N) is 6. The number of aromatic nitrogens is 3. The van der Waals surface area contributed by atoms with Gasteiger partial charge >= 0.3 is 0 Å². The van der Waals surface area contributed by atoms with E-state index in [1.807, 2.05) is 0 Å². The second-order valence-electron chi connectivity index (χ2n) is 10.8. The van der Waals surface area contributed by atoms with E-state index in [9.17, 15) is 18.0 Å². The molecule has 2 aliphatic heterocycles. The van der Waals surface area contributed by atoms with Gasteiger partial charge in [0, 0.05) is 62.3 Å². The lowest BCUT2D eigenvalue weighted by atomic mass is 10.1. The summed E-state index contributed by atoms with van der Waals surface area (Å²) < 4.78 is 37.7. The Morgan fingerprint density at radius 2 is 1.47 bits per heavy atom. The Balaban J connectivity index is 1.06. The zero-order valence-electron chi connectivity index (χ0n) is 25.0. The van der Waals surface area contributed by atoms with Crippen LogP contribution in [0.2, 0.25) is 0 Å². The topological polar surface area (TPSA) is 151 Å². The first-order valence-electron chi connectivity index (χ1n) is 14.6. The Morgan fingerprint density at radius 3 is 2.09 bits per heavy atom. The fraction of sp³-hybridized carbons (Fsp3) is 0.323. The van der Waals surface area contributed by atoms with Crippen LogP contribution in [0.3, 0.4) is 0 Å². The smallest absolute Gasteiger partial charge is 0.259 e. The molecule has 234 valence electrons. The molecule has 14 heteroatoms. The van der Waals surface area contributed by atoms with E-state index in [0.717, 1.165) is 5.56 Å². The first-order valence-corrected chi connectivity index (χ1v) is 16.0. The van der Waals surface area contributed by atoms with Crippen LogP contribution in [0.4, 0.5) is 11.6 Å². The third-order valence-corrected chi connectivity index (χ3v) is 9.82. The second kappa shape index (κ2) is 12.8. The van der Waals surface area contributed by atoms with Gasteiger partial charge in [-0.05, 0) is 56.3 Å². The molecule has 2 saturated heterocycles. The number of nitrogens with one attached hydrogen (secondary N) is 1. The summed E-state index contributed by atoms with van der Waals surface area (Å²) in [6.07, 6.45) is 1.62. The molecule has 4 heterocycles. The highest BCUT2D eigenvalue weighted by Crippen LogP contribution is 2.24. The number of carbonyl (C=O) groups excluding carboxylic acids is 2. The SMILES string of the molecule is Cc1noc(C)c1C(=O)N1CCN(C(=O)c2ccc(Nc3nccc(-c4ccc(S(=O)(=O)N5CCOCC5)cc4)n3)cc2)CC1. The summed E-state index contributed by atoms with van der Waals surface area (Å²) in [5, 5.41) is 7.03. The van der Waals surface area contributed by atoms with Crippen LogP contribution in [0.15, 0.2) is 70.2 Å². The van der Waals surface area contributed by atoms with E-state index in [1.165, 1.54) is 4.31 Å². The lowest BCUT2D eigenvalue weighted by Gasteiger charge is -2.34. The van der Waals surface area contributed by atoms with Crippen LogP contribution in [-0.2, 0) is 14.8 Å². The maximum absolute atomic E-state index is 13.2. The number of morpholine rings is 1. The highest BCUT2D eigenvalue weighted by molar-refractivity contribution is 7.89. The van der Waals surface area contributed by atoms with Gasteiger partial charge in [0.1, 0.15) is 11.3 Å². The minimum absolute atomic E-state index is 0.108. The number of sulfonamides is 1. The lowest BCUT2D eigenvalue weighted by Crippen LogP contribution is -2.50. The predicted molar refractivity (Wildman–Crippen MR) is 165 cm³/mol. The van der Waals surface area contributed by atoms with Gasteiger partial charge in [-0.2, -0.15) is 4.31 Å². The molecule has 0 saturated carbocycles. The zero-order valence-corrected chi connectivity index (χ0v) is 25.8. The first kappa shape index (κ1) is 30.4. The molecule has 0 atom stereocenters. The molecule has 0 radical (unpaired) electrons. The standard InChI is InChI=1S/C31H33N7O6S/c1-21-28(22(2)44-35-21)30(40)37-15-13-36(14-16-37)29(39)24-3-7-25(8-4-24)33-31-32-12-11-27(34-31)23-5-9-26(10-6-23)45(41,42)38-17-19-43-20-18-38/h3-12H,13-20H2,1-2H3,(H,32,33,34). The summed E-state index contributed by atoms with van der Waals surface area (Å²) in [6.45, 7) is 6.61. The molecule has 2 fully saturated rings. The quantitative estimate of drug-likeness (QED) is 0.322. The highest BCUT2D eigenvalue weighted by Gasteiger charge is 2.29. The van der Waals surface area contributed by atoms with Crippen molar-refractivity contribution >= 4 is 33.5 Å². The van der Waals surface area contributed by atoms with Crippen molar-refractivity contribution in [2.24, 2.45) is 0 Å². The van der Waals surface area contributed by atoms with Gasteiger partial charge in [0.15, 0.2) is 0 Å². The van der Waals surface area contributed by atoms with Crippen molar-refractivity contribution in [2.75, 3.05) is 57.8 Å². The van der Waals surface area contributed by atoms with Crippen molar-refractivity contribution in [1.82, 2.24) is 29.2 Å². The Hall–Kier alpha value is -4.66. The molecule has 0 spiro atoms. The summed E-state index contributed by atoms with van der Waals surface area (Å²) in [7, 11) is -3.58. The van der Waals surface area contributed by atoms with Crippen molar-refractivity contribution in [2.45, 2.75) is 18.7 Å². The van der Waals surface area contributed by atoms with Gasteiger partial charge < -0.3 is 24.4 Å².